The van der Waals surface area contributed by atoms with Gasteiger partial charge in [-0.05, 0) is 31.8 Å². The number of carbonyl (C=O) groups is 1. The first-order valence-electron chi connectivity index (χ1n) is 7.49. The molecule has 2 rings (SSSR count). The van der Waals surface area contributed by atoms with E-state index in [1.807, 2.05) is 0 Å². The highest BCUT2D eigenvalue weighted by molar-refractivity contribution is 5.74. The standard InChI is InChI=1S/C14H27N3O2/c1-11(2)10-16-6-3-12(4-7-16)17-8-5-15-9-13(17)14(18)19/h11-13,15H,3-10H2,1-2H3,(H,18,19). The van der Waals surface area contributed by atoms with Gasteiger partial charge in [0.25, 0.3) is 0 Å². The largest absolute Gasteiger partial charge is 0.480 e. The minimum absolute atomic E-state index is 0.338. The molecule has 2 aliphatic heterocycles. The SMILES string of the molecule is CC(C)CN1CCC(N2CCNCC2C(=O)O)CC1. The summed E-state index contributed by atoms with van der Waals surface area (Å²) in [4.78, 5) is 16.1. The van der Waals surface area contributed by atoms with Gasteiger partial charge < -0.3 is 15.3 Å². The van der Waals surface area contributed by atoms with E-state index in [1.54, 1.807) is 0 Å². The number of piperazine rings is 1. The molecule has 0 amide bonds. The molecule has 0 aromatic heterocycles. The van der Waals surface area contributed by atoms with Crippen LogP contribution in [0.4, 0.5) is 0 Å². The van der Waals surface area contributed by atoms with Gasteiger partial charge in [-0.2, -0.15) is 0 Å². The predicted octanol–water partition coefficient (Wildman–Crippen LogP) is 0.465. The first kappa shape index (κ1) is 14.8. The summed E-state index contributed by atoms with van der Waals surface area (Å²) in [6.07, 6.45) is 2.22. The summed E-state index contributed by atoms with van der Waals surface area (Å²) in [5.41, 5.74) is 0. The Morgan fingerprint density at radius 2 is 2.00 bits per heavy atom. The van der Waals surface area contributed by atoms with Gasteiger partial charge in [-0.3, -0.25) is 9.69 Å². The molecule has 2 saturated heterocycles. The average molecular weight is 269 g/mol. The van der Waals surface area contributed by atoms with Crippen LogP contribution in [0.5, 0.6) is 0 Å². The number of nitrogens with one attached hydrogen (secondary N) is 1. The summed E-state index contributed by atoms with van der Waals surface area (Å²) in [7, 11) is 0. The van der Waals surface area contributed by atoms with E-state index in [0.29, 0.717) is 18.5 Å². The molecule has 0 aliphatic carbocycles. The Balaban J connectivity index is 1.87. The van der Waals surface area contributed by atoms with E-state index in [2.05, 4.69) is 29.0 Å². The Morgan fingerprint density at radius 1 is 1.32 bits per heavy atom. The molecule has 0 radical (unpaired) electrons. The fourth-order valence-corrected chi connectivity index (χ4v) is 3.34. The van der Waals surface area contributed by atoms with Crippen molar-refractivity contribution in [2.24, 2.45) is 5.92 Å². The number of rotatable bonds is 4. The number of hydrogen-bond donors (Lipinski definition) is 2. The van der Waals surface area contributed by atoms with Crippen molar-refractivity contribution in [3.8, 4) is 0 Å². The van der Waals surface area contributed by atoms with Crippen LogP contribution < -0.4 is 5.32 Å². The zero-order chi connectivity index (χ0) is 13.8. The van der Waals surface area contributed by atoms with Crippen molar-refractivity contribution in [1.29, 1.82) is 0 Å². The monoisotopic (exact) mass is 269 g/mol. The molecule has 0 bridgehead atoms. The molecule has 19 heavy (non-hydrogen) atoms. The van der Waals surface area contributed by atoms with Gasteiger partial charge >= 0.3 is 5.97 Å². The van der Waals surface area contributed by atoms with E-state index in [0.717, 1.165) is 45.6 Å². The number of carboxylic acids is 1. The summed E-state index contributed by atoms with van der Waals surface area (Å²) in [5.74, 6) is 0.0271. The number of carboxylic acid groups (broad SMARTS) is 1. The molecule has 2 fully saturated rings. The van der Waals surface area contributed by atoms with Gasteiger partial charge in [-0.1, -0.05) is 13.8 Å². The molecular formula is C14H27N3O2. The van der Waals surface area contributed by atoms with Crippen LogP contribution in [0.2, 0.25) is 0 Å². The molecule has 2 heterocycles. The maximum absolute atomic E-state index is 11.3. The fourth-order valence-electron chi connectivity index (χ4n) is 3.34. The van der Waals surface area contributed by atoms with Gasteiger partial charge in [0, 0.05) is 32.2 Å². The first-order valence-corrected chi connectivity index (χ1v) is 7.49. The molecule has 0 spiro atoms. The van der Waals surface area contributed by atoms with Crippen LogP contribution in [0.25, 0.3) is 0 Å². The second-order valence-corrected chi connectivity index (χ2v) is 6.22. The van der Waals surface area contributed by atoms with Crippen LogP contribution >= 0.6 is 0 Å². The first-order chi connectivity index (χ1) is 9.08. The van der Waals surface area contributed by atoms with Gasteiger partial charge in [-0.25, -0.2) is 0 Å². The van der Waals surface area contributed by atoms with Crippen molar-refractivity contribution in [3.63, 3.8) is 0 Å². The molecule has 5 nitrogen and oxygen atoms in total. The molecule has 5 heteroatoms. The molecule has 1 atom stereocenters. The third kappa shape index (κ3) is 3.91. The minimum Gasteiger partial charge on any atom is -0.480 e. The van der Waals surface area contributed by atoms with Crippen molar-refractivity contribution in [3.05, 3.63) is 0 Å². The quantitative estimate of drug-likeness (QED) is 0.777. The number of likely N-dealkylation sites (tertiary alicyclic amines) is 1. The molecule has 0 aromatic carbocycles. The van der Waals surface area contributed by atoms with E-state index >= 15 is 0 Å². The van der Waals surface area contributed by atoms with Gasteiger partial charge in [0.15, 0.2) is 0 Å². The lowest BCUT2D eigenvalue weighted by molar-refractivity contribution is -0.145. The molecule has 1 unspecified atom stereocenters. The van der Waals surface area contributed by atoms with Gasteiger partial charge in [0.1, 0.15) is 6.04 Å². The van der Waals surface area contributed by atoms with E-state index in [9.17, 15) is 9.90 Å². The summed E-state index contributed by atoms with van der Waals surface area (Å²) in [5, 5.41) is 12.5. The van der Waals surface area contributed by atoms with Crippen LogP contribution in [-0.2, 0) is 4.79 Å². The molecule has 2 aliphatic rings. The van der Waals surface area contributed by atoms with Crippen molar-refractivity contribution in [2.75, 3.05) is 39.3 Å². The minimum atomic E-state index is -0.684. The van der Waals surface area contributed by atoms with E-state index in [4.69, 9.17) is 0 Å². The van der Waals surface area contributed by atoms with Gasteiger partial charge in [-0.15, -0.1) is 0 Å². The highest BCUT2D eigenvalue weighted by atomic mass is 16.4. The zero-order valence-corrected chi connectivity index (χ0v) is 12.1. The summed E-state index contributed by atoms with van der Waals surface area (Å²) < 4.78 is 0. The molecule has 110 valence electrons. The second-order valence-electron chi connectivity index (χ2n) is 6.22. The zero-order valence-electron chi connectivity index (χ0n) is 12.1. The van der Waals surface area contributed by atoms with Crippen molar-refractivity contribution >= 4 is 5.97 Å². The van der Waals surface area contributed by atoms with E-state index in [-0.39, 0.29) is 6.04 Å². The Morgan fingerprint density at radius 3 is 2.58 bits per heavy atom. The Bertz CT molecular complexity index is 301. The Labute approximate surface area is 115 Å². The van der Waals surface area contributed by atoms with Crippen molar-refractivity contribution in [1.82, 2.24) is 15.1 Å². The number of piperidine rings is 1. The van der Waals surface area contributed by atoms with Crippen molar-refractivity contribution in [2.45, 2.75) is 38.8 Å². The van der Waals surface area contributed by atoms with Crippen LogP contribution in [0.1, 0.15) is 26.7 Å². The number of hydrogen-bond acceptors (Lipinski definition) is 4. The van der Waals surface area contributed by atoms with Gasteiger partial charge in [0.05, 0.1) is 0 Å². The summed E-state index contributed by atoms with van der Waals surface area (Å²) in [6, 6.07) is 0.113. The fraction of sp³-hybridized carbons (Fsp3) is 0.929. The topological polar surface area (TPSA) is 55.8 Å². The average Bonchev–Trinajstić information content (AvgIpc) is 2.39. The summed E-state index contributed by atoms with van der Waals surface area (Å²) >= 11 is 0. The molecule has 2 N–H and O–H groups in total. The smallest absolute Gasteiger partial charge is 0.322 e. The lowest BCUT2D eigenvalue weighted by Gasteiger charge is -2.43. The number of aliphatic carboxylic acids is 1. The normalized spacial score (nSPS) is 27.8. The maximum Gasteiger partial charge on any atom is 0.322 e. The van der Waals surface area contributed by atoms with Crippen LogP contribution in [0.15, 0.2) is 0 Å². The molecule has 0 aromatic rings. The van der Waals surface area contributed by atoms with Crippen LogP contribution in [0.3, 0.4) is 0 Å². The second kappa shape index (κ2) is 6.68. The lowest BCUT2D eigenvalue weighted by atomic mass is 9.99. The van der Waals surface area contributed by atoms with E-state index in [1.165, 1.54) is 0 Å². The summed E-state index contributed by atoms with van der Waals surface area (Å²) in [6.45, 7) is 10.3. The third-order valence-electron chi connectivity index (χ3n) is 4.22. The Hall–Kier alpha value is -0.650. The highest BCUT2D eigenvalue weighted by Gasteiger charge is 2.34. The lowest BCUT2D eigenvalue weighted by Crippen LogP contribution is -2.60. The number of nitrogens with zero attached hydrogens (tertiary/aromatic N) is 2. The maximum atomic E-state index is 11.3. The molecule has 0 saturated carbocycles. The van der Waals surface area contributed by atoms with Gasteiger partial charge in [0.2, 0.25) is 0 Å². The third-order valence-corrected chi connectivity index (χ3v) is 4.22. The molecular weight excluding hydrogens is 242 g/mol. The van der Waals surface area contributed by atoms with Crippen LogP contribution in [-0.4, -0.2) is 72.2 Å². The van der Waals surface area contributed by atoms with Crippen molar-refractivity contribution < 1.29 is 9.90 Å². The highest BCUT2D eigenvalue weighted by Crippen LogP contribution is 2.20. The Kier molecular flexibility index (Phi) is 5.19. The van der Waals surface area contributed by atoms with E-state index < -0.39 is 5.97 Å². The van der Waals surface area contributed by atoms with Crippen LogP contribution in [0, 0.1) is 5.92 Å². The predicted molar refractivity (Wildman–Crippen MR) is 75.3 cm³/mol.